The normalized spacial score (nSPS) is 13.4. The second-order valence-corrected chi connectivity index (χ2v) is 12.8. The second-order valence-electron chi connectivity index (χ2n) is 8.13. The minimum atomic E-state index is -4.02. The highest BCUT2D eigenvalue weighted by Crippen LogP contribution is 2.33. The smallest absolute Gasteiger partial charge is 0.254 e. The van der Waals surface area contributed by atoms with Crippen molar-refractivity contribution in [1.82, 2.24) is 3.97 Å². The van der Waals surface area contributed by atoms with Gasteiger partial charge in [0.25, 0.3) is 10.0 Å². The lowest BCUT2D eigenvalue weighted by molar-refractivity contribution is 0.587. The highest BCUT2D eigenvalue weighted by molar-refractivity contribution is 7.90. The van der Waals surface area contributed by atoms with Gasteiger partial charge in [0.05, 0.1) is 49.2 Å². The first-order valence-corrected chi connectivity index (χ1v) is 15.3. The molecular formula is C28H23NO4S3. The van der Waals surface area contributed by atoms with Crippen LogP contribution in [0.2, 0.25) is 0 Å². The quantitative estimate of drug-likeness (QED) is 0.264. The minimum absolute atomic E-state index is 0.0356. The summed E-state index contributed by atoms with van der Waals surface area (Å²) in [6, 6.07) is 33.4. The van der Waals surface area contributed by atoms with E-state index in [0.717, 1.165) is 0 Å². The van der Waals surface area contributed by atoms with Crippen molar-refractivity contribution in [1.29, 1.82) is 0 Å². The summed E-state index contributed by atoms with van der Waals surface area (Å²) in [7, 11) is -6.96. The molecule has 5 aromatic rings. The van der Waals surface area contributed by atoms with Crippen molar-refractivity contribution in [3.05, 3.63) is 127 Å². The van der Waals surface area contributed by atoms with Gasteiger partial charge >= 0.3 is 0 Å². The fourth-order valence-corrected chi connectivity index (χ4v) is 8.24. The van der Waals surface area contributed by atoms with Gasteiger partial charge in [-0.05, 0) is 48.0 Å². The lowest BCUT2D eigenvalue weighted by Gasteiger charge is -2.13. The van der Waals surface area contributed by atoms with Gasteiger partial charge in [0.1, 0.15) is 0 Å². The second kappa shape index (κ2) is 10.3. The van der Waals surface area contributed by atoms with Crippen LogP contribution < -0.4 is 0 Å². The molecule has 0 bridgehead atoms. The summed E-state index contributed by atoms with van der Waals surface area (Å²) < 4.78 is 56.0. The Morgan fingerprint density at radius 3 is 1.64 bits per heavy atom. The Balaban J connectivity index is 1.73. The standard InChI is InChI=1S/C28H23NO4S3/c30-34(22-12-4-1-5-13-22)20-26-25-18-10-11-19-27(25)29(36(32,33)24-16-8-3-9-17-24)28(26)21-35(31)23-14-6-2-7-15-23/h1-19H,20-21H2. The number of hydrogen-bond acceptors (Lipinski definition) is 4. The van der Waals surface area contributed by atoms with Gasteiger partial charge in [0.2, 0.25) is 0 Å². The van der Waals surface area contributed by atoms with E-state index in [9.17, 15) is 16.8 Å². The SMILES string of the molecule is O=S(Cc1c(CS(=O)c2ccccc2)n(S(=O)(=O)c2ccccc2)c2ccccc12)c1ccccc1. The van der Waals surface area contributed by atoms with Crippen LogP contribution in [0.25, 0.3) is 10.9 Å². The van der Waals surface area contributed by atoms with E-state index in [-0.39, 0.29) is 16.4 Å². The molecule has 182 valence electrons. The maximum Gasteiger partial charge on any atom is 0.268 e. The summed E-state index contributed by atoms with van der Waals surface area (Å²) in [4.78, 5) is 1.38. The summed E-state index contributed by atoms with van der Waals surface area (Å²) in [5.41, 5.74) is 1.48. The first-order valence-electron chi connectivity index (χ1n) is 11.3. The molecule has 0 spiro atoms. The number of fused-ring (bicyclic) bond motifs is 1. The van der Waals surface area contributed by atoms with E-state index >= 15 is 0 Å². The Morgan fingerprint density at radius 2 is 1.06 bits per heavy atom. The zero-order valence-electron chi connectivity index (χ0n) is 19.2. The molecule has 0 N–H and O–H groups in total. The average molecular weight is 534 g/mol. The average Bonchev–Trinajstić information content (AvgIpc) is 3.23. The van der Waals surface area contributed by atoms with Crippen molar-refractivity contribution < 1.29 is 16.8 Å². The van der Waals surface area contributed by atoms with Gasteiger partial charge in [0.15, 0.2) is 0 Å². The molecule has 0 aliphatic heterocycles. The van der Waals surface area contributed by atoms with Crippen molar-refractivity contribution in [2.45, 2.75) is 26.2 Å². The molecule has 2 atom stereocenters. The number of rotatable bonds is 8. The molecule has 8 heteroatoms. The highest BCUT2D eigenvalue weighted by Gasteiger charge is 2.28. The third-order valence-corrected chi connectivity index (χ3v) is 10.3. The van der Waals surface area contributed by atoms with Gasteiger partial charge in [0, 0.05) is 15.2 Å². The molecule has 1 heterocycles. The van der Waals surface area contributed by atoms with Crippen molar-refractivity contribution >= 4 is 42.5 Å². The first-order chi connectivity index (χ1) is 17.5. The zero-order valence-corrected chi connectivity index (χ0v) is 21.6. The molecule has 0 saturated carbocycles. The van der Waals surface area contributed by atoms with Crippen LogP contribution in [0.3, 0.4) is 0 Å². The molecule has 0 radical (unpaired) electrons. The van der Waals surface area contributed by atoms with E-state index in [4.69, 9.17) is 0 Å². The lowest BCUT2D eigenvalue weighted by Crippen LogP contribution is -2.18. The number of aromatic nitrogens is 1. The fraction of sp³-hybridized carbons (Fsp3) is 0.0714. The van der Waals surface area contributed by atoms with Crippen LogP contribution in [0.1, 0.15) is 11.3 Å². The van der Waals surface area contributed by atoms with E-state index in [1.54, 1.807) is 78.9 Å². The molecule has 0 aliphatic rings. The van der Waals surface area contributed by atoms with Crippen molar-refractivity contribution in [2.75, 3.05) is 0 Å². The molecule has 0 amide bonds. The van der Waals surface area contributed by atoms with Gasteiger partial charge in [-0.15, -0.1) is 0 Å². The molecular weight excluding hydrogens is 511 g/mol. The van der Waals surface area contributed by atoms with Gasteiger partial charge in [-0.25, -0.2) is 12.4 Å². The Hall–Kier alpha value is -3.33. The number of benzene rings is 4. The monoisotopic (exact) mass is 533 g/mol. The maximum absolute atomic E-state index is 13.9. The highest BCUT2D eigenvalue weighted by atomic mass is 32.2. The molecule has 5 rings (SSSR count). The summed E-state index contributed by atoms with van der Waals surface area (Å²) in [6.45, 7) is 0. The largest absolute Gasteiger partial charge is 0.268 e. The summed E-state index contributed by atoms with van der Waals surface area (Å²) in [5, 5.41) is 0.682. The van der Waals surface area contributed by atoms with Crippen molar-refractivity contribution in [3.63, 3.8) is 0 Å². The van der Waals surface area contributed by atoms with Crippen LogP contribution in [-0.4, -0.2) is 20.8 Å². The molecule has 1 aromatic heterocycles. The van der Waals surface area contributed by atoms with E-state index < -0.39 is 31.6 Å². The number of para-hydroxylation sites is 1. The summed E-state index contributed by atoms with van der Waals surface area (Å²) >= 11 is 0. The van der Waals surface area contributed by atoms with Crippen LogP contribution in [-0.2, 0) is 43.1 Å². The predicted molar refractivity (Wildman–Crippen MR) is 144 cm³/mol. The summed E-state index contributed by atoms with van der Waals surface area (Å²) in [5.74, 6) is 0.0647. The third-order valence-electron chi connectivity index (χ3n) is 5.88. The lowest BCUT2D eigenvalue weighted by atomic mass is 10.1. The Bertz CT molecular complexity index is 1660. The molecule has 36 heavy (non-hydrogen) atoms. The number of nitrogens with zero attached hydrogens (tertiary/aromatic N) is 1. The van der Waals surface area contributed by atoms with Crippen LogP contribution >= 0.6 is 0 Å². The first kappa shape index (κ1) is 24.4. The van der Waals surface area contributed by atoms with E-state index in [1.807, 2.05) is 36.4 Å². The van der Waals surface area contributed by atoms with Gasteiger partial charge in [-0.2, -0.15) is 0 Å². The van der Waals surface area contributed by atoms with E-state index in [0.29, 0.717) is 32.0 Å². The Morgan fingerprint density at radius 1 is 0.583 bits per heavy atom. The predicted octanol–water partition coefficient (Wildman–Crippen LogP) is 5.49. The van der Waals surface area contributed by atoms with Gasteiger partial charge < -0.3 is 0 Å². The van der Waals surface area contributed by atoms with Crippen molar-refractivity contribution in [2.24, 2.45) is 0 Å². The molecule has 2 unspecified atom stereocenters. The fourth-order valence-electron chi connectivity index (χ4n) is 4.18. The van der Waals surface area contributed by atoms with Gasteiger partial charge in [-0.1, -0.05) is 72.8 Å². The van der Waals surface area contributed by atoms with E-state index in [2.05, 4.69) is 0 Å². The molecule has 0 fully saturated rings. The van der Waals surface area contributed by atoms with Crippen LogP contribution in [0.5, 0.6) is 0 Å². The molecule has 4 aromatic carbocycles. The molecule has 5 nitrogen and oxygen atoms in total. The van der Waals surface area contributed by atoms with Crippen molar-refractivity contribution in [3.8, 4) is 0 Å². The van der Waals surface area contributed by atoms with Crippen LogP contribution in [0.15, 0.2) is 130 Å². The molecule has 0 saturated heterocycles. The van der Waals surface area contributed by atoms with Gasteiger partial charge in [-0.3, -0.25) is 8.42 Å². The maximum atomic E-state index is 13.9. The topological polar surface area (TPSA) is 73.2 Å². The number of hydrogen-bond donors (Lipinski definition) is 0. The van der Waals surface area contributed by atoms with Crippen LogP contribution in [0.4, 0.5) is 0 Å². The Labute approximate surface area is 215 Å². The minimum Gasteiger partial charge on any atom is -0.254 e. The zero-order chi connectivity index (χ0) is 25.1. The molecule has 0 aliphatic carbocycles. The summed E-state index contributed by atoms with van der Waals surface area (Å²) in [6.07, 6.45) is 0. The van der Waals surface area contributed by atoms with E-state index in [1.165, 1.54) is 3.97 Å². The van der Waals surface area contributed by atoms with Crippen LogP contribution in [0, 0.1) is 0 Å². The third kappa shape index (κ3) is 4.72. The Kier molecular flexibility index (Phi) is 7.00.